The van der Waals surface area contributed by atoms with Crippen LogP contribution in [0.5, 0.6) is 0 Å². The summed E-state index contributed by atoms with van der Waals surface area (Å²) in [5.74, 6) is 0.268. The molecule has 0 aliphatic rings. The molecule has 0 amide bonds. The summed E-state index contributed by atoms with van der Waals surface area (Å²) in [6.07, 6.45) is 22.8. The molecule has 2 nitrogen and oxygen atoms in total. The number of hydrogen-bond donors (Lipinski definition) is 0. The first-order valence-corrected chi connectivity index (χ1v) is 10.9. The Hall–Kier alpha value is -0.790. The maximum absolute atomic E-state index is 11.4. The number of unbranched alkanes of at least 4 members (excludes halogenated alkanes) is 13. The minimum atomic E-state index is -0.201. The minimum absolute atomic E-state index is 0.201. The predicted molar refractivity (Wildman–Crippen MR) is 110 cm³/mol. The van der Waals surface area contributed by atoms with E-state index in [0.717, 1.165) is 5.57 Å². The van der Waals surface area contributed by atoms with Crippen molar-refractivity contribution in [3.05, 3.63) is 11.6 Å². The van der Waals surface area contributed by atoms with E-state index >= 15 is 0 Å². The van der Waals surface area contributed by atoms with Crippen molar-refractivity contribution in [1.82, 2.24) is 0 Å². The Bertz CT molecular complexity index is 333. The number of methoxy groups -OCH3 is 1. The van der Waals surface area contributed by atoms with Gasteiger partial charge in [-0.1, -0.05) is 110 Å². The summed E-state index contributed by atoms with van der Waals surface area (Å²) in [4.78, 5) is 11.4. The van der Waals surface area contributed by atoms with Gasteiger partial charge in [0.2, 0.25) is 0 Å². The van der Waals surface area contributed by atoms with E-state index in [-0.39, 0.29) is 5.97 Å². The lowest BCUT2D eigenvalue weighted by Crippen LogP contribution is -2.03. The number of carbonyl (C=O) groups excluding carboxylic acids is 1. The number of hydrogen-bond acceptors (Lipinski definition) is 2. The second-order valence-corrected chi connectivity index (χ2v) is 7.70. The van der Waals surface area contributed by atoms with Crippen LogP contribution in [0.2, 0.25) is 0 Å². The van der Waals surface area contributed by atoms with Gasteiger partial charge in [0.1, 0.15) is 0 Å². The first kappa shape index (κ1) is 24.2. The number of esters is 1. The predicted octanol–water partition coefficient (Wildman–Crippen LogP) is 7.61. The van der Waals surface area contributed by atoms with Crippen molar-refractivity contribution in [1.29, 1.82) is 0 Å². The highest BCUT2D eigenvalue weighted by atomic mass is 16.5. The number of allylic oxidation sites excluding steroid dienone is 1. The molecule has 25 heavy (non-hydrogen) atoms. The second-order valence-electron chi connectivity index (χ2n) is 7.70. The maximum atomic E-state index is 11.4. The van der Waals surface area contributed by atoms with Crippen molar-refractivity contribution in [3.63, 3.8) is 0 Å². The van der Waals surface area contributed by atoms with E-state index in [2.05, 4.69) is 13.8 Å². The SMILES string of the molecule is CCCCCCCCCCCCCCCCC(C)C=C(C)C(=O)OC. The van der Waals surface area contributed by atoms with Crippen LogP contribution in [0.1, 0.15) is 117 Å². The van der Waals surface area contributed by atoms with Gasteiger partial charge in [0.25, 0.3) is 0 Å². The highest BCUT2D eigenvalue weighted by Crippen LogP contribution is 2.16. The van der Waals surface area contributed by atoms with Crippen LogP contribution in [-0.2, 0) is 9.53 Å². The average Bonchev–Trinajstić information content (AvgIpc) is 2.61. The Kier molecular flexibility index (Phi) is 17.4. The summed E-state index contributed by atoms with van der Waals surface area (Å²) < 4.78 is 4.73. The van der Waals surface area contributed by atoms with E-state index < -0.39 is 0 Å². The fourth-order valence-corrected chi connectivity index (χ4v) is 3.40. The molecule has 0 fully saturated rings. The lowest BCUT2D eigenvalue weighted by atomic mass is 9.99. The Morgan fingerprint density at radius 1 is 0.800 bits per heavy atom. The zero-order valence-corrected chi connectivity index (χ0v) is 17.6. The molecule has 0 saturated heterocycles. The molecule has 1 unspecified atom stereocenters. The minimum Gasteiger partial charge on any atom is -0.466 e. The molecule has 0 aliphatic carbocycles. The van der Waals surface area contributed by atoms with Crippen LogP contribution in [0.4, 0.5) is 0 Å². The van der Waals surface area contributed by atoms with Crippen LogP contribution in [0.25, 0.3) is 0 Å². The van der Waals surface area contributed by atoms with Crippen molar-refractivity contribution in [2.75, 3.05) is 7.11 Å². The van der Waals surface area contributed by atoms with Crippen molar-refractivity contribution >= 4 is 5.97 Å². The standard InChI is InChI=1S/C23H44O2/c1-5-6-7-8-9-10-11-12-13-14-15-16-17-18-19-21(2)20-22(3)23(24)25-4/h20-21H,5-19H2,1-4H3. The van der Waals surface area contributed by atoms with E-state index in [4.69, 9.17) is 4.74 Å². The van der Waals surface area contributed by atoms with Gasteiger partial charge in [0.15, 0.2) is 0 Å². The van der Waals surface area contributed by atoms with Gasteiger partial charge in [0.05, 0.1) is 7.11 Å². The third kappa shape index (κ3) is 16.4. The molecule has 0 aromatic rings. The Morgan fingerprint density at radius 3 is 1.60 bits per heavy atom. The quantitative estimate of drug-likeness (QED) is 0.153. The normalized spacial score (nSPS) is 13.0. The number of rotatable bonds is 17. The van der Waals surface area contributed by atoms with Gasteiger partial charge in [-0.25, -0.2) is 4.79 Å². The molecule has 0 rings (SSSR count). The second kappa shape index (κ2) is 18.0. The van der Waals surface area contributed by atoms with Crippen LogP contribution < -0.4 is 0 Å². The summed E-state index contributed by atoms with van der Waals surface area (Å²) in [5, 5.41) is 0. The van der Waals surface area contributed by atoms with E-state index in [1.54, 1.807) is 0 Å². The zero-order valence-electron chi connectivity index (χ0n) is 17.6. The molecule has 0 saturated carbocycles. The molecule has 148 valence electrons. The molecule has 0 radical (unpaired) electrons. The molecule has 0 heterocycles. The van der Waals surface area contributed by atoms with Gasteiger partial charge < -0.3 is 4.74 Å². The molecule has 0 N–H and O–H groups in total. The molecule has 0 aliphatic heterocycles. The molecule has 0 aromatic heterocycles. The van der Waals surface area contributed by atoms with Crippen LogP contribution >= 0.6 is 0 Å². The Morgan fingerprint density at radius 2 is 1.20 bits per heavy atom. The summed E-state index contributed by atoms with van der Waals surface area (Å²) in [6, 6.07) is 0. The van der Waals surface area contributed by atoms with E-state index in [0.29, 0.717) is 5.92 Å². The van der Waals surface area contributed by atoms with Crippen molar-refractivity contribution in [3.8, 4) is 0 Å². The van der Waals surface area contributed by atoms with Crippen molar-refractivity contribution in [2.45, 2.75) is 117 Å². The summed E-state index contributed by atoms with van der Waals surface area (Å²) in [5.41, 5.74) is 0.736. The lowest BCUT2D eigenvalue weighted by molar-refractivity contribution is -0.136. The molecular formula is C23H44O2. The van der Waals surface area contributed by atoms with Crippen LogP contribution in [-0.4, -0.2) is 13.1 Å². The summed E-state index contributed by atoms with van der Waals surface area (Å²) in [6.45, 7) is 6.31. The average molecular weight is 353 g/mol. The molecule has 0 spiro atoms. The van der Waals surface area contributed by atoms with E-state index in [1.165, 1.54) is 103 Å². The lowest BCUT2D eigenvalue weighted by Gasteiger charge is -2.08. The van der Waals surface area contributed by atoms with Crippen LogP contribution in [0.3, 0.4) is 0 Å². The summed E-state index contributed by atoms with van der Waals surface area (Å²) >= 11 is 0. The smallest absolute Gasteiger partial charge is 0.333 e. The largest absolute Gasteiger partial charge is 0.466 e. The van der Waals surface area contributed by atoms with Crippen LogP contribution in [0, 0.1) is 5.92 Å². The first-order valence-electron chi connectivity index (χ1n) is 10.9. The van der Waals surface area contributed by atoms with E-state index in [9.17, 15) is 4.79 Å². The summed E-state index contributed by atoms with van der Waals surface area (Å²) in [7, 11) is 1.44. The topological polar surface area (TPSA) is 26.3 Å². The number of ether oxygens (including phenoxy) is 1. The first-order chi connectivity index (χ1) is 12.1. The molecule has 2 heteroatoms. The van der Waals surface area contributed by atoms with Gasteiger partial charge in [-0.15, -0.1) is 0 Å². The fourth-order valence-electron chi connectivity index (χ4n) is 3.40. The van der Waals surface area contributed by atoms with Crippen molar-refractivity contribution < 1.29 is 9.53 Å². The Labute approximate surface area is 157 Å². The van der Waals surface area contributed by atoms with Crippen molar-refractivity contribution in [2.24, 2.45) is 5.92 Å². The zero-order chi connectivity index (χ0) is 18.8. The number of carbonyl (C=O) groups is 1. The van der Waals surface area contributed by atoms with Crippen LogP contribution in [0.15, 0.2) is 11.6 Å². The third-order valence-corrected chi connectivity index (χ3v) is 5.05. The van der Waals surface area contributed by atoms with E-state index in [1.807, 2.05) is 13.0 Å². The maximum Gasteiger partial charge on any atom is 0.333 e. The highest BCUT2D eigenvalue weighted by molar-refractivity contribution is 5.87. The van der Waals surface area contributed by atoms with Gasteiger partial charge in [-0.3, -0.25) is 0 Å². The molecule has 0 bridgehead atoms. The highest BCUT2D eigenvalue weighted by Gasteiger charge is 2.05. The van der Waals surface area contributed by atoms with Gasteiger partial charge in [-0.05, 0) is 19.3 Å². The third-order valence-electron chi connectivity index (χ3n) is 5.05. The molecule has 0 aromatic carbocycles. The van der Waals surface area contributed by atoms with Gasteiger partial charge >= 0.3 is 5.97 Å². The molecular weight excluding hydrogens is 308 g/mol. The molecule has 1 atom stereocenters. The fraction of sp³-hybridized carbons (Fsp3) is 0.870. The monoisotopic (exact) mass is 352 g/mol. The Balaban J connectivity index is 3.32. The van der Waals surface area contributed by atoms with Gasteiger partial charge in [-0.2, -0.15) is 0 Å². The van der Waals surface area contributed by atoms with Gasteiger partial charge in [0, 0.05) is 5.57 Å².